The summed E-state index contributed by atoms with van der Waals surface area (Å²) in [6.07, 6.45) is 4.38. The molecule has 1 saturated heterocycles. The molecule has 5 nitrogen and oxygen atoms in total. The molecule has 1 aliphatic heterocycles. The number of amides is 1. The van der Waals surface area contributed by atoms with Crippen molar-refractivity contribution in [1.29, 1.82) is 0 Å². The van der Waals surface area contributed by atoms with Gasteiger partial charge in [0.05, 0.1) is 6.61 Å². The molecule has 1 unspecified atom stereocenters. The van der Waals surface area contributed by atoms with Crippen molar-refractivity contribution in [2.24, 2.45) is 0 Å². The Kier molecular flexibility index (Phi) is 4.06. The Bertz CT molecular complexity index is 369. The molecular formula is C12H17N3O2. The maximum Gasteiger partial charge on any atom is 0.242 e. The standard InChI is InChI=1S/C12H17N3O2/c16-9-11-12(17)15(6-2-5-14-11)8-10-3-1-4-13-7-10/h1,3-4,7,11,14,16H,2,5-6,8-9H2. The number of aliphatic hydroxyl groups is 1. The van der Waals surface area contributed by atoms with Crippen LogP contribution in [0, 0.1) is 0 Å². The monoisotopic (exact) mass is 235 g/mol. The molecule has 17 heavy (non-hydrogen) atoms. The van der Waals surface area contributed by atoms with E-state index in [2.05, 4.69) is 10.3 Å². The van der Waals surface area contributed by atoms with Gasteiger partial charge < -0.3 is 15.3 Å². The lowest BCUT2D eigenvalue weighted by atomic mass is 10.2. The predicted octanol–water partition coefficient (Wildman–Crippen LogP) is -0.236. The number of rotatable bonds is 3. The van der Waals surface area contributed by atoms with Gasteiger partial charge in [0, 0.05) is 25.5 Å². The molecule has 0 spiro atoms. The molecule has 0 saturated carbocycles. The quantitative estimate of drug-likeness (QED) is 0.759. The Morgan fingerprint density at radius 1 is 1.59 bits per heavy atom. The van der Waals surface area contributed by atoms with E-state index in [0.29, 0.717) is 6.54 Å². The van der Waals surface area contributed by atoms with Gasteiger partial charge in [0.25, 0.3) is 0 Å². The Morgan fingerprint density at radius 2 is 2.47 bits per heavy atom. The summed E-state index contributed by atoms with van der Waals surface area (Å²) in [5, 5.41) is 12.2. The van der Waals surface area contributed by atoms with E-state index < -0.39 is 6.04 Å². The average Bonchev–Trinajstić information content (AvgIpc) is 2.54. The molecule has 1 aromatic heterocycles. The molecular weight excluding hydrogens is 218 g/mol. The zero-order chi connectivity index (χ0) is 12.1. The fraction of sp³-hybridized carbons (Fsp3) is 0.500. The third-order valence-corrected chi connectivity index (χ3v) is 2.88. The van der Waals surface area contributed by atoms with Gasteiger partial charge in [-0.3, -0.25) is 9.78 Å². The molecule has 1 amide bonds. The van der Waals surface area contributed by atoms with Crippen molar-refractivity contribution in [1.82, 2.24) is 15.2 Å². The third kappa shape index (κ3) is 3.01. The summed E-state index contributed by atoms with van der Waals surface area (Å²) in [7, 11) is 0. The summed E-state index contributed by atoms with van der Waals surface area (Å²) < 4.78 is 0. The van der Waals surface area contributed by atoms with Crippen LogP contribution in [-0.2, 0) is 11.3 Å². The van der Waals surface area contributed by atoms with E-state index in [9.17, 15) is 4.79 Å². The van der Waals surface area contributed by atoms with Crippen LogP contribution in [0.5, 0.6) is 0 Å². The van der Waals surface area contributed by atoms with Crippen LogP contribution in [0.4, 0.5) is 0 Å². The second kappa shape index (κ2) is 5.75. The normalized spacial score (nSPS) is 21.4. The fourth-order valence-corrected chi connectivity index (χ4v) is 1.98. The summed E-state index contributed by atoms with van der Waals surface area (Å²) >= 11 is 0. The van der Waals surface area contributed by atoms with Crippen molar-refractivity contribution in [2.45, 2.75) is 19.0 Å². The first-order valence-corrected chi connectivity index (χ1v) is 5.83. The van der Waals surface area contributed by atoms with Crippen LogP contribution >= 0.6 is 0 Å². The second-order valence-electron chi connectivity index (χ2n) is 4.16. The lowest BCUT2D eigenvalue weighted by Gasteiger charge is -2.23. The number of carbonyl (C=O) groups excluding carboxylic acids is 1. The van der Waals surface area contributed by atoms with E-state index >= 15 is 0 Å². The summed E-state index contributed by atoms with van der Waals surface area (Å²) in [4.78, 5) is 17.9. The van der Waals surface area contributed by atoms with Gasteiger partial charge in [-0.05, 0) is 24.6 Å². The van der Waals surface area contributed by atoms with Crippen LogP contribution in [0.3, 0.4) is 0 Å². The molecule has 1 fully saturated rings. The number of aromatic nitrogens is 1. The summed E-state index contributed by atoms with van der Waals surface area (Å²) in [6, 6.07) is 3.35. The lowest BCUT2D eigenvalue weighted by molar-refractivity contribution is -0.134. The number of nitrogens with zero attached hydrogens (tertiary/aromatic N) is 2. The molecule has 0 radical (unpaired) electrons. The van der Waals surface area contributed by atoms with Gasteiger partial charge >= 0.3 is 0 Å². The SMILES string of the molecule is O=C1C(CO)NCCCN1Cc1cccnc1. The minimum Gasteiger partial charge on any atom is -0.394 e. The van der Waals surface area contributed by atoms with Gasteiger partial charge in [-0.15, -0.1) is 0 Å². The molecule has 2 N–H and O–H groups in total. The molecule has 1 aliphatic rings. The molecule has 0 aromatic carbocycles. The Morgan fingerprint density at radius 3 is 3.18 bits per heavy atom. The molecule has 0 bridgehead atoms. The first-order valence-electron chi connectivity index (χ1n) is 5.83. The number of carbonyl (C=O) groups is 1. The fourth-order valence-electron chi connectivity index (χ4n) is 1.98. The van der Waals surface area contributed by atoms with E-state index in [0.717, 1.165) is 25.1 Å². The Labute approximate surface area is 100 Å². The summed E-state index contributed by atoms with van der Waals surface area (Å²) in [5.74, 6) is -0.0335. The molecule has 92 valence electrons. The van der Waals surface area contributed by atoms with Crippen LogP contribution < -0.4 is 5.32 Å². The van der Waals surface area contributed by atoms with E-state index in [1.807, 2.05) is 12.1 Å². The van der Waals surface area contributed by atoms with Gasteiger partial charge in [0.2, 0.25) is 5.91 Å². The highest BCUT2D eigenvalue weighted by Gasteiger charge is 2.25. The highest BCUT2D eigenvalue weighted by atomic mass is 16.3. The Balaban J connectivity index is 2.06. The van der Waals surface area contributed by atoms with Crippen molar-refractivity contribution in [3.8, 4) is 0 Å². The number of nitrogens with one attached hydrogen (secondary N) is 1. The summed E-state index contributed by atoms with van der Waals surface area (Å²) in [6.45, 7) is 1.89. The molecule has 2 rings (SSSR count). The van der Waals surface area contributed by atoms with Crippen molar-refractivity contribution >= 4 is 5.91 Å². The molecule has 5 heteroatoms. The minimum atomic E-state index is -0.464. The molecule has 1 aromatic rings. The van der Waals surface area contributed by atoms with Gasteiger partial charge in [0.1, 0.15) is 6.04 Å². The van der Waals surface area contributed by atoms with Gasteiger partial charge in [-0.25, -0.2) is 0 Å². The van der Waals surface area contributed by atoms with Gasteiger partial charge in [-0.1, -0.05) is 6.07 Å². The third-order valence-electron chi connectivity index (χ3n) is 2.88. The molecule has 2 heterocycles. The second-order valence-corrected chi connectivity index (χ2v) is 4.16. The average molecular weight is 235 g/mol. The van der Waals surface area contributed by atoms with Gasteiger partial charge in [-0.2, -0.15) is 0 Å². The van der Waals surface area contributed by atoms with Crippen LogP contribution in [0.2, 0.25) is 0 Å². The predicted molar refractivity (Wildman–Crippen MR) is 63.1 cm³/mol. The number of aliphatic hydroxyl groups excluding tert-OH is 1. The van der Waals surface area contributed by atoms with Crippen LogP contribution in [0.1, 0.15) is 12.0 Å². The van der Waals surface area contributed by atoms with Crippen LogP contribution in [0.25, 0.3) is 0 Å². The maximum atomic E-state index is 12.1. The number of hydrogen-bond donors (Lipinski definition) is 2. The highest BCUT2D eigenvalue weighted by Crippen LogP contribution is 2.08. The van der Waals surface area contributed by atoms with Crippen molar-refractivity contribution in [3.63, 3.8) is 0 Å². The topological polar surface area (TPSA) is 65.5 Å². The first-order chi connectivity index (χ1) is 8.31. The van der Waals surface area contributed by atoms with E-state index in [1.54, 1.807) is 17.3 Å². The smallest absolute Gasteiger partial charge is 0.242 e. The zero-order valence-corrected chi connectivity index (χ0v) is 9.67. The van der Waals surface area contributed by atoms with Crippen LogP contribution in [0.15, 0.2) is 24.5 Å². The van der Waals surface area contributed by atoms with Crippen molar-refractivity contribution in [2.75, 3.05) is 19.7 Å². The zero-order valence-electron chi connectivity index (χ0n) is 9.67. The minimum absolute atomic E-state index is 0.0335. The maximum absolute atomic E-state index is 12.1. The van der Waals surface area contributed by atoms with Crippen molar-refractivity contribution in [3.05, 3.63) is 30.1 Å². The number of hydrogen-bond acceptors (Lipinski definition) is 4. The van der Waals surface area contributed by atoms with E-state index in [1.165, 1.54) is 0 Å². The van der Waals surface area contributed by atoms with Crippen molar-refractivity contribution < 1.29 is 9.90 Å². The highest BCUT2D eigenvalue weighted by molar-refractivity contribution is 5.82. The Hall–Kier alpha value is -1.46. The molecule has 0 aliphatic carbocycles. The van der Waals surface area contributed by atoms with E-state index in [4.69, 9.17) is 5.11 Å². The van der Waals surface area contributed by atoms with Crippen LogP contribution in [-0.4, -0.2) is 46.6 Å². The van der Waals surface area contributed by atoms with E-state index in [-0.39, 0.29) is 12.5 Å². The lowest BCUT2D eigenvalue weighted by Crippen LogP contribution is -2.45. The number of pyridine rings is 1. The largest absolute Gasteiger partial charge is 0.394 e. The first kappa shape index (κ1) is 12.0. The summed E-state index contributed by atoms with van der Waals surface area (Å²) in [5.41, 5.74) is 1.01. The van der Waals surface area contributed by atoms with Gasteiger partial charge in [0.15, 0.2) is 0 Å². The molecule has 1 atom stereocenters.